The minimum Gasteiger partial charge on any atom is -0.311 e. The molecule has 0 amide bonds. The minimum atomic E-state index is -0.183. The molecule has 322 valence electrons. The van der Waals surface area contributed by atoms with E-state index in [0.717, 1.165) is 95.7 Å². The summed E-state index contributed by atoms with van der Waals surface area (Å²) in [7, 11) is 0. The monoisotopic (exact) mass is 880 g/mol. The molecule has 9 aromatic carbocycles. The first-order valence-corrected chi connectivity index (χ1v) is 23.3. The number of nitrogens with zero attached hydrogens (tertiary/aromatic N) is 6. The molecule has 0 radical (unpaired) electrons. The average Bonchev–Trinajstić information content (AvgIpc) is 3.44. The van der Waals surface area contributed by atoms with Gasteiger partial charge in [-0.1, -0.05) is 194 Å². The SMILES string of the molecule is c1ccc(-c2cc(-c3ccccc3)nc(-c3cc(-c4nc(-c5ccccc5)cc(-c5ccccc5)n4)c4c5c3N(c3ccccc3)c3ccccc3B5c3ccccc3N4c3ccccc3)n2)cc1. The lowest BCUT2D eigenvalue weighted by Crippen LogP contribution is -2.61. The molecule has 0 saturated heterocycles. The van der Waals surface area contributed by atoms with E-state index in [1.165, 1.54) is 10.9 Å². The highest BCUT2D eigenvalue weighted by atomic mass is 15.2. The third-order valence-electron chi connectivity index (χ3n) is 13.3. The zero-order valence-electron chi connectivity index (χ0n) is 37.4. The van der Waals surface area contributed by atoms with Crippen LogP contribution < -0.4 is 26.2 Å². The predicted octanol–water partition coefficient (Wildman–Crippen LogP) is 13.4. The zero-order valence-corrected chi connectivity index (χ0v) is 37.4. The first-order valence-electron chi connectivity index (χ1n) is 23.3. The van der Waals surface area contributed by atoms with Gasteiger partial charge in [0, 0.05) is 56.1 Å². The highest BCUT2D eigenvalue weighted by Crippen LogP contribution is 2.51. The fourth-order valence-corrected chi connectivity index (χ4v) is 10.2. The highest BCUT2D eigenvalue weighted by molar-refractivity contribution is 7.00. The number of aromatic nitrogens is 4. The molecule has 0 aliphatic carbocycles. The molecule has 7 heteroatoms. The van der Waals surface area contributed by atoms with E-state index in [1.807, 2.05) is 24.3 Å². The van der Waals surface area contributed by atoms with E-state index in [9.17, 15) is 0 Å². The number of para-hydroxylation sites is 4. The van der Waals surface area contributed by atoms with Crippen LogP contribution in [0.25, 0.3) is 67.8 Å². The molecule has 2 aliphatic rings. The van der Waals surface area contributed by atoms with Crippen molar-refractivity contribution in [2.24, 2.45) is 0 Å². The molecule has 11 aromatic rings. The molecule has 0 spiro atoms. The highest BCUT2D eigenvalue weighted by Gasteiger charge is 2.46. The van der Waals surface area contributed by atoms with Gasteiger partial charge in [-0.2, -0.15) is 0 Å². The Morgan fingerprint density at radius 1 is 0.290 bits per heavy atom. The molecule has 2 aliphatic heterocycles. The Balaban J connectivity index is 1.23. The van der Waals surface area contributed by atoms with Crippen LogP contribution in [0, 0.1) is 0 Å². The second kappa shape index (κ2) is 16.9. The quantitative estimate of drug-likeness (QED) is 0.142. The predicted molar refractivity (Wildman–Crippen MR) is 284 cm³/mol. The number of hydrogen-bond donors (Lipinski definition) is 0. The Labute approximate surface area is 401 Å². The van der Waals surface area contributed by atoms with Crippen molar-refractivity contribution in [3.8, 4) is 67.8 Å². The van der Waals surface area contributed by atoms with Crippen molar-refractivity contribution in [1.29, 1.82) is 0 Å². The second-order valence-corrected chi connectivity index (χ2v) is 17.4. The van der Waals surface area contributed by atoms with Gasteiger partial charge in [-0.3, -0.25) is 0 Å². The Hall–Kier alpha value is -9.20. The first-order chi connectivity index (χ1) is 34.2. The number of fused-ring (bicyclic) bond motifs is 4. The molecule has 0 unspecified atom stereocenters. The Morgan fingerprint density at radius 2 is 0.580 bits per heavy atom. The average molecular weight is 881 g/mol. The van der Waals surface area contributed by atoms with Crippen molar-refractivity contribution in [1.82, 2.24) is 19.9 Å². The van der Waals surface area contributed by atoms with Gasteiger partial charge >= 0.3 is 0 Å². The molecule has 69 heavy (non-hydrogen) atoms. The molecule has 0 atom stereocenters. The number of benzene rings is 9. The van der Waals surface area contributed by atoms with Crippen molar-refractivity contribution >= 4 is 57.2 Å². The summed E-state index contributed by atoms with van der Waals surface area (Å²) in [6.45, 7) is -0.183. The number of anilines is 6. The summed E-state index contributed by atoms with van der Waals surface area (Å²) in [6, 6.07) is 87.3. The minimum absolute atomic E-state index is 0.183. The van der Waals surface area contributed by atoms with Crippen LogP contribution in [0.15, 0.2) is 249 Å². The van der Waals surface area contributed by atoms with Gasteiger partial charge in [-0.25, -0.2) is 19.9 Å². The molecule has 0 N–H and O–H groups in total. The van der Waals surface area contributed by atoms with Crippen LogP contribution >= 0.6 is 0 Å². The first kappa shape index (κ1) is 40.1. The standard InChI is InChI=1S/C62H41BN6/c1-7-23-42(24-8-1)52-40-53(43-25-9-2-10-26-43)65-61(64-52)48-39-49(62-66-54(44-27-11-3-12-28-44)41-55(67-62)45-29-13-4-14-30-45)60-58-59(48)68(46-31-15-5-16-32-46)56-37-21-19-35-50(56)63(58)51-36-20-22-38-57(51)69(60)47-33-17-6-18-34-47/h1-41H. The zero-order chi connectivity index (χ0) is 45.7. The third-order valence-corrected chi connectivity index (χ3v) is 13.3. The van der Waals surface area contributed by atoms with Crippen LogP contribution in [0.4, 0.5) is 34.1 Å². The maximum atomic E-state index is 5.58. The normalized spacial score (nSPS) is 12.3. The molecular formula is C62H41BN6. The third kappa shape index (κ3) is 6.99. The van der Waals surface area contributed by atoms with Gasteiger partial charge in [0.2, 0.25) is 0 Å². The summed E-state index contributed by atoms with van der Waals surface area (Å²) in [5, 5.41) is 0. The Kier molecular flexibility index (Phi) is 9.83. The molecular weight excluding hydrogens is 840 g/mol. The van der Waals surface area contributed by atoms with Crippen molar-refractivity contribution in [2.45, 2.75) is 0 Å². The lowest BCUT2D eigenvalue weighted by atomic mass is 9.33. The van der Waals surface area contributed by atoms with Crippen molar-refractivity contribution in [3.63, 3.8) is 0 Å². The van der Waals surface area contributed by atoms with Gasteiger partial charge in [0.25, 0.3) is 6.71 Å². The molecule has 2 aromatic heterocycles. The summed E-state index contributed by atoms with van der Waals surface area (Å²) >= 11 is 0. The van der Waals surface area contributed by atoms with Crippen molar-refractivity contribution in [3.05, 3.63) is 249 Å². The van der Waals surface area contributed by atoms with Crippen LogP contribution in [-0.2, 0) is 0 Å². The molecule has 0 fully saturated rings. The lowest BCUT2D eigenvalue weighted by molar-refractivity contribution is 1.16. The van der Waals surface area contributed by atoms with E-state index in [4.69, 9.17) is 19.9 Å². The van der Waals surface area contributed by atoms with E-state index in [2.05, 4.69) is 234 Å². The largest absolute Gasteiger partial charge is 0.311 e. The van der Waals surface area contributed by atoms with Crippen LogP contribution in [0.3, 0.4) is 0 Å². The Bertz CT molecular complexity index is 3310. The van der Waals surface area contributed by atoms with Crippen LogP contribution in [0.1, 0.15) is 0 Å². The lowest BCUT2D eigenvalue weighted by Gasteiger charge is -2.45. The van der Waals surface area contributed by atoms with Crippen LogP contribution in [-0.4, -0.2) is 26.6 Å². The number of rotatable bonds is 8. The van der Waals surface area contributed by atoms with Gasteiger partial charge in [-0.15, -0.1) is 0 Å². The topological polar surface area (TPSA) is 58.0 Å². The molecule has 13 rings (SSSR count). The van der Waals surface area contributed by atoms with Gasteiger partial charge in [0.05, 0.1) is 34.2 Å². The van der Waals surface area contributed by atoms with Crippen LogP contribution in [0.2, 0.25) is 0 Å². The van der Waals surface area contributed by atoms with E-state index in [1.54, 1.807) is 0 Å². The fourth-order valence-electron chi connectivity index (χ4n) is 10.2. The summed E-state index contributed by atoms with van der Waals surface area (Å²) in [4.78, 5) is 27.2. The molecule has 0 bridgehead atoms. The van der Waals surface area contributed by atoms with E-state index in [0.29, 0.717) is 11.6 Å². The number of hydrogen-bond acceptors (Lipinski definition) is 6. The fraction of sp³-hybridized carbons (Fsp3) is 0. The Morgan fingerprint density at radius 3 is 0.913 bits per heavy atom. The molecule has 6 nitrogen and oxygen atoms in total. The van der Waals surface area contributed by atoms with Gasteiger partial charge in [0.1, 0.15) is 0 Å². The molecule has 4 heterocycles. The second-order valence-electron chi connectivity index (χ2n) is 17.4. The summed E-state index contributed by atoms with van der Waals surface area (Å²) in [5.41, 5.74) is 18.8. The van der Waals surface area contributed by atoms with Crippen molar-refractivity contribution < 1.29 is 0 Å². The van der Waals surface area contributed by atoms with E-state index < -0.39 is 0 Å². The summed E-state index contributed by atoms with van der Waals surface area (Å²) < 4.78 is 0. The van der Waals surface area contributed by atoms with E-state index in [-0.39, 0.29) is 6.71 Å². The molecule has 0 saturated carbocycles. The summed E-state index contributed by atoms with van der Waals surface area (Å²) in [5.74, 6) is 1.20. The maximum Gasteiger partial charge on any atom is 0.252 e. The summed E-state index contributed by atoms with van der Waals surface area (Å²) in [6.07, 6.45) is 0. The van der Waals surface area contributed by atoms with Gasteiger partial charge in [-0.05, 0) is 71.0 Å². The van der Waals surface area contributed by atoms with Gasteiger partial charge in [0.15, 0.2) is 11.6 Å². The van der Waals surface area contributed by atoms with Crippen molar-refractivity contribution in [2.75, 3.05) is 9.80 Å². The van der Waals surface area contributed by atoms with Crippen LogP contribution in [0.5, 0.6) is 0 Å². The smallest absolute Gasteiger partial charge is 0.252 e. The maximum absolute atomic E-state index is 5.58. The van der Waals surface area contributed by atoms with E-state index >= 15 is 0 Å². The van der Waals surface area contributed by atoms with Gasteiger partial charge < -0.3 is 9.80 Å².